The highest BCUT2D eigenvalue weighted by Crippen LogP contribution is 2.48. The number of fused-ring (bicyclic) bond motifs is 2. The maximum absolute atomic E-state index is 13.1. The molecule has 3 N–H and O–H groups in total. The number of anilines is 1. The second kappa shape index (κ2) is 7.50. The molecular weight excluding hydrogens is 359 g/mol. The summed E-state index contributed by atoms with van der Waals surface area (Å²) >= 11 is 0. The quantitative estimate of drug-likeness (QED) is 0.821. The summed E-state index contributed by atoms with van der Waals surface area (Å²) < 4.78 is 39.2. The summed E-state index contributed by atoms with van der Waals surface area (Å²) in [6.45, 7) is 1.75. The Kier molecular flexibility index (Phi) is 5.46. The number of nitrogens with one attached hydrogen (secondary N) is 1. The standard InChI is InChI=1S/C19H24F3N3O2/c1-2-25(18(27)16-11-7-8-12(9-11)17(16)23)10-15(26)24-14-6-4-3-5-13(14)19(20,21)22/h3-6,11-12,16-17H,2,7-10,23H2,1H3,(H,24,26). The lowest BCUT2D eigenvalue weighted by Gasteiger charge is -2.32. The van der Waals surface area contributed by atoms with Gasteiger partial charge in [0.05, 0.1) is 23.7 Å². The van der Waals surface area contributed by atoms with Crippen LogP contribution >= 0.6 is 0 Å². The van der Waals surface area contributed by atoms with Gasteiger partial charge in [-0.25, -0.2) is 0 Å². The van der Waals surface area contributed by atoms with Crippen LogP contribution in [-0.2, 0) is 15.8 Å². The SMILES string of the molecule is CCN(CC(=O)Nc1ccccc1C(F)(F)F)C(=O)C1C2CCC(C2)C1N. The number of likely N-dealkylation sites (N-methyl/N-ethyl adjacent to an activating group) is 1. The van der Waals surface area contributed by atoms with E-state index < -0.39 is 17.6 Å². The monoisotopic (exact) mass is 383 g/mol. The molecule has 4 unspecified atom stereocenters. The first-order valence-electron chi connectivity index (χ1n) is 9.22. The minimum absolute atomic E-state index is 0.170. The Balaban J connectivity index is 1.67. The number of para-hydroxylation sites is 1. The minimum Gasteiger partial charge on any atom is -0.333 e. The Morgan fingerprint density at radius 3 is 2.48 bits per heavy atom. The molecular formula is C19H24F3N3O2. The number of carbonyl (C=O) groups is 2. The molecule has 0 aromatic heterocycles. The van der Waals surface area contributed by atoms with Crippen LogP contribution in [0.5, 0.6) is 0 Å². The molecule has 2 bridgehead atoms. The summed E-state index contributed by atoms with van der Waals surface area (Å²) in [6.07, 6.45) is -1.62. The van der Waals surface area contributed by atoms with Crippen LogP contribution < -0.4 is 11.1 Å². The van der Waals surface area contributed by atoms with Crippen LogP contribution in [0, 0.1) is 17.8 Å². The van der Waals surface area contributed by atoms with Gasteiger partial charge >= 0.3 is 6.18 Å². The highest BCUT2D eigenvalue weighted by molar-refractivity contribution is 5.95. The van der Waals surface area contributed by atoms with E-state index in [0.29, 0.717) is 12.5 Å². The van der Waals surface area contributed by atoms with Crippen LogP contribution in [0.2, 0.25) is 0 Å². The van der Waals surface area contributed by atoms with E-state index >= 15 is 0 Å². The highest BCUT2D eigenvalue weighted by Gasteiger charge is 2.50. The van der Waals surface area contributed by atoms with Crippen molar-refractivity contribution in [1.82, 2.24) is 4.90 Å². The zero-order chi connectivity index (χ0) is 19.8. The first-order valence-corrected chi connectivity index (χ1v) is 9.22. The van der Waals surface area contributed by atoms with E-state index in [-0.39, 0.29) is 36.0 Å². The third-order valence-electron chi connectivity index (χ3n) is 5.80. The lowest BCUT2D eigenvalue weighted by molar-refractivity contribution is -0.140. The van der Waals surface area contributed by atoms with Crippen LogP contribution in [-0.4, -0.2) is 35.8 Å². The predicted octanol–water partition coefficient (Wildman–Crippen LogP) is 2.87. The topological polar surface area (TPSA) is 75.4 Å². The van der Waals surface area contributed by atoms with Gasteiger partial charge in [-0.2, -0.15) is 13.2 Å². The van der Waals surface area contributed by atoms with Crippen molar-refractivity contribution in [2.75, 3.05) is 18.4 Å². The molecule has 2 aliphatic rings. The van der Waals surface area contributed by atoms with Crippen molar-refractivity contribution < 1.29 is 22.8 Å². The fourth-order valence-corrected chi connectivity index (χ4v) is 4.46. The van der Waals surface area contributed by atoms with E-state index in [0.717, 1.165) is 25.3 Å². The predicted molar refractivity (Wildman–Crippen MR) is 94.6 cm³/mol. The van der Waals surface area contributed by atoms with Crippen molar-refractivity contribution in [3.63, 3.8) is 0 Å². The third-order valence-corrected chi connectivity index (χ3v) is 5.80. The Morgan fingerprint density at radius 1 is 1.22 bits per heavy atom. The van der Waals surface area contributed by atoms with Crippen molar-refractivity contribution in [3.05, 3.63) is 29.8 Å². The molecule has 5 nitrogen and oxygen atoms in total. The number of carbonyl (C=O) groups excluding carboxylic acids is 2. The highest BCUT2D eigenvalue weighted by atomic mass is 19.4. The fraction of sp³-hybridized carbons (Fsp3) is 0.579. The maximum Gasteiger partial charge on any atom is 0.418 e. The molecule has 3 rings (SSSR count). The smallest absolute Gasteiger partial charge is 0.333 e. The molecule has 8 heteroatoms. The number of halogens is 3. The van der Waals surface area contributed by atoms with Gasteiger partial charge in [0.1, 0.15) is 0 Å². The Hall–Kier alpha value is -2.09. The lowest BCUT2D eigenvalue weighted by Crippen LogP contribution is -2.49. The number of amides is 2. The number of alkyl halides is 3. The summed E-state index contributed by atoms with van der Waals surface area (Å²) in [7, 11) is 0. The van der Waals surface area contributed by atoms with E-state index in [1.54, 1.807) is 6.92 Å². The van der Waals surface area contributed by atoms with Crippen LogP contribution in [0.15, 0.2) is 24.3 Å². The number of benzene rings is 1. The first-order chi connectivity index (χ1) is 12.7. The summed E-state index contributed by atoms with van der Waals surface area (Å²) in [4.78, 5) is 26.6. The van der Waals surface area contributed by atoms with Crippen LogP contribution in [0.1, 0.15) is 31.7 Å². The van der Waals surface area contributed by atoms with Gasteiger partial charge in [-0.05, 0) is 50.2 Å². The van der Waals surface area contributed by atoms with Crippen LogP contribution in [0.4, 0.5) is 18.9 Å². The number of hydrogen-bond acceptors (Lipinski definition) is 3. The molecule has 0 aliphatic heterocycles. The molecule has 1 aromatic carbocycles. The molecule has 1 aromatic rings. The minimum atomic E-state index is -4.57. The van der Waals surface area contributed by atoms with E-state index in [4.69, 9.17) is 5.73 Å². The molecule has 148 valence electrons. The van der Waals surface area contributed by atoms with Crippen molar-refractivity contribution in [1.29, 1.82) is 0 Å². The molecule has 27 heavy (non-hydrogen) atoms. The van der Waals surface area contributed by atoms with Gasteiger partial charge in [0, 0.05) is 12.6 Å². The largest absolute Gasteiger partial charge is 0.418 e. The van der Waals surface area contributed by atoms with Gasteiger partial charge in [-0.15, -0.1) is 0 Å². The van der Waals surface area contributed by atoms with Crippen LogP contribution in [0.3, 0.4) is 0 Å². The molecule has 4 atom stereocenters. The first kappa shape index (κ1) is 19.7. The van der Waals surface area contributed by atoms with E-state index in [9.17, 15) is 22.8 Å². The van der Waals surface area contributed by atoms with Gasteiger partial charge in [-0.1, -0.05) is 12.1 Å². The Labute approximate surface area is 156 Å². The van der Waals surface area contributed by atoms with Crippen molar-refractivity contribution >= 4 is 17.5 Å². The third kappa shape index (κ3) is 3.95. The molecule has 0 saturated heterocycles. The summed E-state index contributed by atoms with van der Waals surface area (Å²) in [5.74, 6) is -0.509. The molecule has 0 spiro atoms. The summed E-state index contributed by atoms with van der Waals surface area (Å²) in [5.41, 5.74) is 4.98. The molecule has 2 fully saturated rings. The fourth-order valence-electron chi connectivity index (χ4n) is 4.46. The van der Waals surface area contributed by atoms with E-state index in [1.165, 1.54) is 23.1 Å². The average Bonchev–Trinajstić information content (AvgIpc) is 3.20. The molecule has 2 saturated carbocycles. The van der Waals surface area contributed by atoms with Crippen molar-refractivity contribution in [3.8, 4) is 0 Å². The zero-order valence-electron chi connectivity index (χ0n) is 15.1. The lowest BCUT2D eigenvalue weighted by atomic mass is 9.84. The second-order valence-corrected chi connectivity index (χ2v) is 7.38. The Bertz CT molecular complexity index is 720. The summed E-state index contributed by atoms with van der Waals surface area (Å²) in [5, 5.41) is 2.29. The zero-order valence-corrected chi connectivity index (χ0v) is 15.1. The normalized spacial score (nSPS) is 26.9. The van der Waals surface area contributed by atoms with E-state index in [2.05, 4.69) is 5.32 Å². The number of hydrogen-bond donors (Lipinski definition) is 2. The van der Waals surface area contributed by atoms with Crippen molar-refractivity contribution in [2.24, 2.45) is 23.5 Å². The van der Waals surface area contributed by atoms with Gasteiger partial charge in [-0.3, -0.25) is 9.59 Å². The summed E-state index contributed by atoms with van der Waals surface area (Å²) in [6, 6.07) is 4.59. The molecule has 0 heterocycles. The maximum atomic E-state index is 13.1. The van der Waals surface area contributed by atoms with Gasteiger partial charge in [0.2, 0.25) is 11.8 Å². The molecule has 2 amide bonds. The molecule has 2 aliphatic carbocycles. The molecule has 0 radical (unpaired) electrons. The van der Waals surface area contributed by atoms with Gasteiger partial charge < -0.3 is 16.0 Å². The number of nitrogens with zero attached hydrogens (tertiary/aromatic N) is 1. The van der Waals surface area contributed by atoms with Crippen LogP contribution in [0.25, 0.3) is 0 Å². The average molecular weight is 383 g/mol. The number of rotatable bonds is 5. The van der Waals surface area contributed by atoms with Gasteiger partial charge in [0.15, 0.2) is 0 Å². The van der Waals surface area contributed by atoms with Gasteiger partial charge in [0.25, 0.3) is 0 Å². The van der Waals surface area contributed by atoms with Crippen molar-refractivity contribution in [2.45, 2.75) is 38.4 Å². The Morgan fingerprint density at radius 2 is 1.89 bits per heavy atom. The second-order valence-electron chi connectivity index (χ2n) is 7.38. The van der Waals surface area contributed by atoms with E-state index in [1.807, 2.05) is 0 Å². The number of nitrogens with two attached hydrogens (primary N) is 1.